The molecule has 27 heavy (non-hydrogen) atoms. The average Bonchev–Trinajstić information content (AvgIpc) is 3.55. The highest BCUT2D eigenvalue weighted by Gasteiger charge is 2.41. The number of nitrogens with one attached hydrogen (secondary N) is 1. The Kier molecular flexibility index (Phi) is 5.21. The van der Waals surface area contributed by atoms with E-state index in [4.69, 9.17) is 4.74 Å². The number of hydrogen-bond acceptors (Lipinski definition) is 5. The number of rotatable bonds is 7. The molecule has 0 spiro atoms. The lowest BCUT2D eigenvalue weighted by Gasteiger charge is -2.30. The highest BCUT2D eigenvalue weighted by molar-refractivity contribution is 5.77. The second-order valence-corrected chi connectivity index (χ2v) is 8.16. The first-order chi connectivity index (χ1) is 13.0. The summed E-state index contributed by atoms with van der Waals surface area (Å²) in [5, 5.41) is 0. The van der Waals surface area contributed by atoms with E-state index in [9.17, 15) is 9.59 Å². The van der Waals surface area contributed by atoms with Crippen molar-refractivity contribution in [3.8, 4) is 0 Å². The number of aromatic nitrogens is 2. The van der Waals surface area contributed by atoms with Crippen LogP contribution in [0.25, 0.3) is 0 Å². The van der Waals surface area contributed by atoms with Crippen LogP contribution in [0.3, 0.4) is 0 Å². The normalized spacial score (nSPS) is 21.2. The number of hydrogen-bond donors (Lipinski definition) is 1. The van der Waals surface area contributed by atoms with Gasteiger partial charge in [-0.15, -0.1) is 0 Å². The van der Waals surface area contributed by atoms with Crippen LogP contribution in [-0.2, 0) is 16.0 Å². The van der Waals surface area contributed by atoms with E-state index in [1.165, 1.54) is 12.8 Å². The highest BCUT2D eigenvalue weighted by atomic mass is 16.5. The van der Waals surface area contributed by atoms with Crippen molar-refractivity contribution in [1.82, 2.24) is 14.9 Å². The third-order valence-corrected chi connectivity index (χ3v) is 6.08. The minimum Gasteiger partial charge on any atom is -0.378 e. The molecule has 1 aromatic rings. The number of morpholine rings is 1. The van der Waals surface area contributed by atoms with Gasteiger partial charge in [-0.3, -0.25) is 14.6 Å². The fraction of sp³-hybridized carbons (Fsp3) is 0.750. The Hall–Kier alpha value is -1.89. The molecule has 0 bridgehead atoms. The second-order valence-electron chi connectivity index (χ2n) is 8.16. The van der Waals surface area contributed by atoms with Crippen molar-refractivity contribution < 1.29 is 9.53 Å². The summed E-state index contributed by atoms with van der Waals surface area (Å²) in [7, 11) is 0. The number of ether oxygens (including phenoxy) is 1. The number of carbonyl (C=O) groups excluding carboxylic acids is 1. The zero-order chi connectivity index (χ0) is 19.0. The van der Waals surface area contributed by atoms with E-state index < -0.39 is 0 Å². The minimum atomic E-state index is -0.120. The maximum atomic E-state index is 12.9. The van der Waals surface area contributed by atoms with E-state index >= 15 is 0 Å². The summed E-state index contributed by atoms with van der Waals surface area (Å²) >= 11 is 0. The van der Waals surface area contributed by atoms with E-state index in [2.05, 4.69) is 21.8 Å². The van der Waals surface area contributed by atoms with Gasteiger partial charge in [0.15, 0.2) is 0 Å². The first kappa shape index (κ1) is 18.5. The van der Waals surface area contributed by atoms with E-state index in [0.717, 1.165) is 31.6 Å². The second kappa shape index (κ2) is 7.62. The van der Waals surface area contributed by atoms with Crippen LogP contribution in [0.4, 0.5) is 5.95 Å². The van der Waals surface area contributed by atoms with Gasteiger partial charge in [0.25, 0.3) is 5.56 Å². The van der Waals surface area contributed by atoms with Gasteiger partial charge >= 0.3 is 0 Å². The Bertz CT molecular complexity index is 748. The number of aryl methyl sites for hydroxylation is 1. The van der Waals surface area contributed by atoms with Crippen LogP contribution in [0.2, 0.25) is 0 Å². The molecule has 3 aliphatic rings. The highest BCUT2D eigenvalue weighted by Crippen LogP contribution is 2.40. The predicted molar refractivity (Wildman–Crippen MR) is 103 cm³/mol. The van der Waals surface area contributed by atoms with Gasteiger partial charge in [0.2, 0.25) is 11.9 Å². The van der Waals surface area contributed by atoms with Gasteiger partial charge in [-0.1, -0.05) is 0 Å². The summed E-state index contributed by atoms with van der Waals surface area (Å²) in [5.74, 6) is 1.47. The molecule has 2 aliphatic carbocycles. The molecule has 2 saturated carbocycles. The first-order valence-corrected chi connectivity index (χ1v) is 10.3. The van der Waals surface area contributed by atoms with Crippen molar-refractivity contribution in [3.05, 3.63) is 21.6 Å². The first-order valence-electron chi connectivity index (χ1n) is 10.3. The van der Waals surface area contributed by atoms with E-state index in [0.29, 0.717) is 55.6 Å². The molecular formula is C20H30N4O3. The summed E-state index contributed by atoms with van der Waals surface area (Å²) in [4.78, 5) is 37.1. The van der Waals surface area contributed by atoms with Gasteiger partial charge in [-0.05, 0) is 51.9 Å². The number of H-pyrrole nitrogens is 1. The molecule has 1 aliphatic heterocycles. The molecule has 1 atom stereocenters. The minimum absolute atomic E-state index is 0.120. The molecule has 1 saturated heterocycles. The maximum Gasteiger partial charge on any atom is 0.255 e. The number of amides is 1. The molecule has 4 rings (SSSR count). The summed E-state index contributed by atoms with van der Waals surface area (Å²) in [6.45, 7) is 6.81. The monoisotopic (exact) mass is 374 g/mol. The van der Waals surface area contributed by atoms with Gasteiger partial charge in [-0.25, -0.2) is 4.98 Å². The molecule has 1 amide bonds. The Morgan fingerprint density at radius 2 is 2.00 bits per heavy atom. The Labute approximate surface area is 160 Å². The van der Waals surface area contributed by atoms with Crippen LogP contribution in [0.5, 0.6) is 0 Å². The number of aromatic amines is 1. The molecule has 0 radical (unpaired) electrons. The van der Waals surface area contributed by atoms with Gasteiger partial charge in [0, 0.05) is 42.9 Å². The van der Waals surface area contributed by atoms with Crippen molar-refractivity contribution in [1.29, 1.82) is 0 Å². The molecule has 1 aromatic heterocycles. The van der Waals surface area contributed by atoms with Crippen molar-refractivity contribution >= 4 is 11.9 Å². The van der Waals surface area contributed by atoms with Crippen LogP contribution in [0.1, 0.15) is 50.3 Å². The zero-order valence-electron chi connectivity index (χ0n) is 16.4. The standard InChI is InChI=1S/C20H30N4O3/c1-13-17(19(26)22-20(21-13)23-9-11-27-12-10-23)7-8-18(25)24(16-5-6-16)14(2)15-3-4-15/h14-16H,3-12H2,1-2H3,(H,21,22,26)/t14-/m0/s1. The van der Waals surface area contributed by atoms with Gasteiger partial charge in [-0.2, -0.15) is 0 Å². The third-order valence-electron chi connectivity index (χ3n) is 6.08. The van der Waals surface area contributed by atoms with Crippen molar-refractivity contribution in [2.24, 2.45) is 5.92 Å². The predicted octanol–water partition coefficient (Wildman–Crippen LogP) is 1.64. The van der Waals surface area contributed by atoms with Crippen LogP contribution in [-0.4, -0.2) is 59.2 Å². The fourth-order valence-electron chi connectivity index (χ4n) is 4.10. The van der Waals surface area contributed by atoms with Gasteiger partial charge in [0.1, 0.15) is 0 Å². The number of anilines is 1. The molecular weight excluding hydrogens is 344 g/mol. The van der Waals surface area contributed by atoms with Crippen LogP contribution < -0.4 is 10.5 Å². The zero-order valence-corrected chi connectivity index (χ0v) is 16.4. The molecule has 2 heterocycles. The summed E-state index contributed by atoms with van der Waals surface area (Å²) in [5.41, 5.74) is 1.24. The van der Waals surface area contributed by atoms with Gasteiger partial charge < -0.3 is 14.5 Å². The summed E-state index contributed by atoms with van der Waals surface area (Å²) in [6.07, 6.45) is 5.57. The molecule has 1 N–H and O–H groups in total. The smallest absolute Gasteiger partial charge is 0.255 e. The van der Waals surface area contributed by atoms with Crippen LogP contribution >= 0.6 is 0 Å². The quantitative estimate of drug-likeness (QED) is 0.785. The summed E-state index contributed by atoms with van der Waals surface area (Å²) < 4.78 is 5.35. The Morgan fingerprint density at radius 1 is 1.30 bits per heavy atom. The van der Waals surface area contributed by atoms with E-state index in [-0.39, 0.29) is 11.5 Å². The molecule has 7 nitrogen and oxygen atoms in total. The van der Waals surface area contributed by atoms with E-state index in [1.807, 2.05) is 11.8 Å². The van der Waals surface area contributed by atoms with Crippen molar-refractivity contribution in [3.63, 3.8) is 0 Å². The fourth-order valence-corrected chi connectivity index (χ4v) is 4.10. The van der Waals surface area contributed by atoms with Gasteiger partial charge in [0.05, 0.1) is 13.2 Å². The molecule has 148 valence electrons. The lowest BCUT2D eigenvalue weighted by atomic mass is 10.1. The maximum absolute atomic E-state index is 12.9. The molecule has 7 heteroatoms. The lowest BCUT2D eigenvalue weighted by molar-refractivity contribution is -0.134. The lowest BCUT2D eigenvalue weighted by Crippen LogP contribution is -2.42. The number of carbonyl (C=O) groups is 1. The SMILES string of the molecule is Cc1nc(N2CCOCC2)[nH]c(=O)c1CCC(=O)N(C1CC1)[C@@H](C)C1CC1. The average molecular weight is 374 g/mol. The van der Waals surface area contributed by atoms with Crippen LogP contribution in [0.15, 0.2) is 4.79 Å². The largest absolute Gasteiger partial charge is 0.378 e. The molecule has 0 aromatic carbocycles. The molecule has 0 unspecified atom stereocenters. The van der Waals surface area contributed by atoms with Crippen LogP contribution in [0, 0.1) is 12.8 Å². The van der Waals surface area contributed by atoms with Crippen molar-refractivity contribution in [2.45, 2.75) is 64.5 Å². The Balaban J connectivity index is 1.42. The molecule has 3 fully saturated rings. The Morgan fingerprint density at radius 3 is 2.59 bits per heavy atom. The number of nitrogens with zero attached hydrogens (tertiary/aromatic N) is 3. The summed E-state index contributed by atoms with van der Waals surface area (Å²) in [6, 6.07) is 0.764. The van der Waals surface area contributed by atoms with Crippen molar-refractivity contribution in [2.75, 3.05) is 31.2 Å². The van der Waals surface area contributed by atoms with E-state index in [1.54, 1.807) is 0 Å². The topological polar surface area (TPSA) is 78.5 Å². The third kappa shape index (κ3) is 4.18.